The molecule has 0 aliphatic heterocycles. The van der Waals surface area contributed by atoms with Crippen molar-refractivity contribution < 1.29 is 4.79 Å². The zero-order valence-corrected chi connectivity index (χ0v) is 14.6. The molecule has 0 heterocycles. The first-order chi connectivity index (χ1) is 11.3. The Morgan fingerprint density at radius 3 is 2.04 bits per heavy atom. The van der Waals surface area contributed by atoms with Gasteiger partial charge in [0.2, 0.25) is 5.91 Å². The minimum absolute atomic E-state index is 0. The van der Waals surface area contributed by atoms with Crippen LogP contribution >= 0.6 is 12.4 Å². The molecule has 0 aliphatic rings. The Morgan fingerprint density at radius 1 is 0.792 bits per heavy atom. The fourth-order valence-corrected chi connectivity index (χ4v) is 2.33. The van der Waals surface area contributed by atoms with Gasteiger partial charge in [-0.2, -0.15) is 0 Å². The lowest BCUT2D eigenvalue weighted by Gasteiger charge is -2.08. The Labute approximate surface area is 150 Å². The summed E-state index contributed by atoms with van der Waals surface area (Å²) in [6.07, 6.45) is 4.68. The lowest BCUT2D eigenvalue weighted by Crippen LogP contribution is -2.11. The highest BCUT2D eigenvalue weighted by Gasteiger charge is 2.02. The fourth-order valence-electron chi connectivity index (χ4n) is 2.33. The molecule has 0 radical (unpaired) electrons. The van der Waals surface area contributed by atoms with Crippen LogP contribution in [0.5, 0.6) is 0 Å². The normalized spacial score (nSPS) is 9.88. The predicted molar refractivity (Wildman–Crippen MR) is 104 cm³/mol. The number of nitrogens with one attached hydrogen (secondary N) is 2. The topological polar surface area (TPSA) is 67.2 Å². The molecule has 0 aromatic heterocycles. The molecular formula is C19H26ClN3O. The Kier molecular flexibility index (Phi) is 9.58. The molecule has 5 heteroatoms. The van der Waals surface area contributed by atoms with Crippen LogP contribution in [0.15, 0.2) is 54.6 Å². The number of unbranched alkanes of at least 4 members (excludes halogenated alkanes) is 3. The number of carbonyl (C=O) groups is 1. The van der Waals surface area contributed by atoms with Crippen molar-refractivity contribution in [1.29, 1.82) is 0 Å². The molecule has 0 fully saturated rings. The van der Waals surface area contributed by atoms with Gasteiger partial charge in [-0.3, -0.25) is 4.79 Å². The van der Waals surface area contributed by atoms with Crippen LogP contribution in [-0.4, -0.2) is 12.5 Å². The lowest BCUT2D eigenvalue weighted by atomic mass is 10.1. The first-order valence-electron chi connectivity index (χ1n) is 8.20. The number of halogens is 1. The van der Waals surface area contributed by atoms with Gasteiger partial charge in [0.05, 0.1) is 0 Å². The van der Waals surface area contributed by atoms with Crippen molar-refractivity contribution in [2.24, 2.45) is 5.73 Å². The van der Waals surface area contributed by atoms with E-state index in [1.807, 2.05) is 54.6 Å². The maximum atomic E-state index is 11.9. The third-order valence-electron chi connectivity index (χ3n) is 3.59. The van der Waals surface area contributed by atoms with E-state index in [9.17, 15) is 4.79 Å². The van der Waals surface area contributed by atoms with Crippen LogP contribution in [-0.2, 0) is 4.79 Å². The summed E-state index contributed by atoms with van der Waals surface area (Å²) in [5.74, 6) is 0.0708. The van der Waals surface area contributed by atoms with Crippen molar-refractivity contribution in [2.45, 2.75) is 32.1 Å². The molecule has 24 heavy (non-hydrogen) atoms. The molecule has 0 saturated carbocycles. The maximum Gasteiger partial charge on any atom is 0.224 e. The second kappa shape index (κ2) is 11.5. The van der Waals surface area contributed by atoms with Crippen LogP contribution in [0.25, 0.3) is 0 Å². The summed E-state index contributed by atoms with van der Waals surface area (Å²) in [6, 6.07) is 17.7. The van der Waals surface area contributed by atoms with Gasteiger partial charge >= 0.3 is 0 Å². The number of rotatable bonds is 9. The van der Waals surface area contributed by atoms with E-state index in [1.54, 1.807) is 0 Å². The smallest absolute Gasteiger partial charge is 0.224 e. The molecule has 2 aromatic rings. The van der Waals surface area contributed by atoms with Crippen LogP contribution in [0, 0.1) is 0 Å². The van der Waals surface area contributed by atoms with Crippen molar-refractivity contribution in [2.75, 3.05) is 17.2 Å². The van der Waals surface area contributed by atoms with Crippen molar-refractivity contribution in [3.63, 3.8) is 0 Å². The molecule has 4 nitrogen and oxygen atoms in total. The second-order valence-corrected chi connectivity index (χ2v) is 5.57. The van der Waals surface area contributed by atoms with Gasteiger partial charge in [-0.15, -0.1) is 12.4 Å². The highest BCUT2D eigenvalue weighted by Crippen LogP contribution is 2.18. The standard InChI is InChI=1S/C19H25N3O.ClH/c20-15-7-2-1-6-10-19(23)22-18-13-11-17(12-14-18)21-16-8-4-3-5-9-16;/h3-5,8-9,11-14,21H,1-2,6-7,10,15,20H2,(H,22,23);1H. The molecule has 0 unspecified atom stereocenters. The van der Waals surface area contributed by atoms with E-state index in [-0.39, 0.29) is 18.3 Å². The van der Waals surface area contributed by atoms with Crippen molar-refractivity contribution in [3.8, 4) is 0 Å². The summed E-state index contributed by atoms with van der Waals surface area (Å²) in [5.41, 5.74) is 8.32. The number of nitrogens with two attached hydrogens (primary N) is 1. The first-order valence-corrected chi connectivity index (χ1v) is 8.20. The van der Waals surface area contributed by atoms with Crippen LogP contribution < -0.4 is 16.4 Å². The zero-order valence-electron chi connectivity index (χ0n) is 13.8. The molecular weight excluding hydrogens is 322 g/mol. The summed E-state index contributed by atoms with van der Waals surface area (Å²) in [6.45, 7) is 0.732. The van der Waals surface area contributed by atoms with E-state index < -0.39 is 0 Å². The van der Waals surface area contributed by atoms with Crippen molar-refractivity contribution in [1.82, 2.24) is 0 Å². The summed E-state index contributed by atoms with van der Waals surface area (Å²) in [5, 5.41) is 6.25. The number of benzene rings is 2. The van der Waals surface area contributed by atoms with Crippen LogP contribution in [0.1, 0.15) is 32.1 Å². The summed E-state index contributed by atoms with van der Waals surface area (Å²) >= 11 is 0. The predicted octanol–water partition coefficient (Wildman–Crippen LogP) is 4.70. The largest absolute Gasteiger partial charge is 0.356 e. The van der Waals surface area contributed by atoms with E-state index in [1.165, 1.54) is 0 Å². The molecule has 0 aliphatic carbocycles. The number of hydrogen-bond acceptors (Lipinski definition) is 3. The Morgan fingerprint density at radius 2 is 1.38 bits per heavy atom. The SMILES string of the molecule is Cl.NCCCCCCC(=O)Nc1ccc(Nc2ccccc2)cc1. The van der Waals surface area contributed by atoms with E-state index in [0.717, 1.165) is 49.3 Å². The van der Waals surface area contributed by atoms with E-state index in [2.05, 4.69) is 10.6 Å². The number of carbonyl (C=O) groups excluding carboxylic acids is 1. The van der Waals surface area contributed by atoms with Crippen LogP contribution in [0.4, 0.5) is 17.1 Å². The molecule has 0 atom stereocenters. The molecule has 2 aromatic carbocycles. The van der Waals surface area contributed by atoms with Gasteiger partial charge in [0.1, 0.15) is 0 Å². The number of anilines is 3. The maximum absolute atomic E-state index is 11.9. The highest BCUT2D eigenvalue weighted by molar-refractivity contribution is 5.90. The average Bonchev–Trinajstić information content (AvgIpc) is 2.57. The number of para-hydroxylation sites is 1. The Hall–Kier alpha value is -2.04. The summed E-state index contributed by atoms with van der Waals surface area (Å²) in [7, 11) is 0. The van der Waals surface area contributed by atoms with Crippen LogP contribution in [0.3, 0.4) is 0 Å². The van der Waals surface area contributed by atoms with Crippen molar-refractivity contribution in [3.05, 3.63) is 54.6 Å². The third-order valence-corrected chi connectivity index (χ3v) is 3.59. The van der Waals surface area contributed by atoms with Gasteiger partial charge in [0, 0.05) is 23.5 Å². The molecule has 1 amide bonds. The van der Waals surface area contributed by atoms with E-state index in [0.29, 0.717) is 6.42 Å². The molecule has 4 N–H and O–H groups in total. The van der Waals surface area contributed by atoms with Gasteiger partial charge < -0.3 is 16.4 Å². The Bertz CT molecular complexity index is 587. The van der Waals surface area contributed by atoms with Gasteiger partial charge in [-0.25, -0.2) is 0 Å². The van der Waals surface area contributed by atoms with Crippen LogP contribution in [0.2, 0.25) is 0 Å². The highest BCUT2D eigenvalue weighted by atomic mass is 35.5. The Balaban J connectivity index is 0.00000288. The number of hydrogen-bond donors (Lipinski definition) is 3. The van der Waals surface area contributed by atoms with Gasteiger partial charge in [-0.1, -0.05) is 31.0 Å². The first kappa shape index (κ1) is 20.0. The summed E-state index contributed by atoms with van der Waals surface area (Å²) < 4.78 is 0. The third kappa shape index (κ3) is 7.49. The average molecular weight is 348 g/mol. The minimum atomic E-state index is 0. The lowest BCUT2D eigenvalue weighted by molar-refractivity contribution is -0.116. The summed E-state index contributed by atoms with van der Waals surface area (Å²) in [4.78, 5) is 11.9. The molecule has 0 bridgehead atoms. The van der Waals surface area contributed by atoms with E-state index in [4.69, 9.17) is 5.73 Å². The van der Waals surface area contributed by atoms with Gasteiger partial charge in [0.15, 0.2) is 0 Å². The fraction of sp³-hybridized carbons (Fsp3) is 0.316. The van der Waals surface area contributed by atoms with E-state index >= 15 is 0 Å². The zero-order chi connectivity index (χ0) is 16.3. The molecule has 0 spiro atoms. The quantitative estimate of drug-likeness (QED) is 0.576. The second-order valence-electron chi connectivity index (χ2n) is 5.57. The van der Waals surface area contributed by atoms with Crippen molar-refractivity contribution >= 4 is 35.4 Å². The molecule has 0 saturated heterocycles. The molecule has 2 rings (SSSR count). The van der Waals surface area contributed by atoms with Gasteiger partial charge in [0.25, 0.3) is 0 Å². The number of amides is 1. The van der Waals surface area contributed by atoms with Gasteiger partial charge in [-0.05, 0) is 55.8 Å². The monoisotopic (exact) mass is 347 g/mol. The molecule has 130 valence electrons. The minimum Gasteiger partial charge on any atom is -0.356 e.